The minimum atomic E-state index is -5.08. The van der Waals surface area contributed by atoms with E-state index in [1.54, 1.807) is 17.2 Å². The van der Waals surface area contributed by atoms with E-state index in [-0.39, 0.29) is 109 Å². The van der Waals surface area contributed by atoms with Gasteiger partial charge < -0.3 is 54.6 Å². The molecule has 0 bridgehead atoms. The second-order valence-corrected chi connectivity index (χ2v) is 18.1. The van der Waals surface area contributed by atoms with Gasteiger partial charge in [-0.05, 0) is 48.2 Å². The van der Waals surface area contributed by atoms with Gasteiger partial charge in [0.2, 0.25) is 17.7 Å². The van der Waals surface area contributed by atoms with Crippen LogP contribution in [-0.2, 0) is 59.1 Å². The van der Waals surface area contributed by atoms with Crippen LogP contribution >= 0.6 is 12.6 Å². The Morgan fingerprint density at radius 3 is 1.89 bits per heavy atom. The molecule has 0 saturated carbocycles. The van der Waals surface area contributed by atoms with Gasteiger partial charge in [0.25, 0.3) is 11.8 Å². The number of hydrogen-bond donors (Lipinski definition) is 5. The highest BCUT2D eigenvalue weighted by Crippen LogP contribution is 2.41. The molecule has 5 amide bonds. The van der Waals surface area contributed by atoms with Crippen molar-refractivity contribution in [2.24, 2.45) is 11.1 Å². The first-order chi connectivity index (χ1) is 35.5. The zero-order valence-electron chi connectivity index (χ0n) is 41.9. The quantitative estimate of drug-likeness (QED) is 0.0258. The zero-order chi connectivity index (χ0) is 55.7. The Balaban J connectivity index is 0.00000197. The van der Waals surface area contributed by atoms with Crippen LogP contribution < -0.4 is 11.1 Å². The topological polar surface area (TPSA) is 250 Å². The molecule has 0 unspecified atom stereocenters. The van der Waals surface area contributed by atoms with Crippen molar-refractivity contribution in [1.82, 2.24) is 24.6 Å². The number of nitrogens with two attached hydrogens (primary N) is 1. The molecular formula is C50H65F5N6O13S. The number of alkyl halides is 3. The van der Waals surface area contributed by atoms with E-state index in [1.807, 2.05) is 55.7 Å². The van der Waals surface area contributed by atoms with Gasteiger partial charge in [-0.2, -0.15) is 25.8 Å². The van der Waals surface area contributed by atoms with Gasteiger partial charge in [-0.15, -0.1) is 0 Å². The predicted molar refractivity (Wildman–Crippen MR) is 265 cm³/mol. The summed E-state index contributed by atoms with van der Waals surface area (Å²) >= 11 is 4.23. The minimum absolute atomic E-state index is 0.00624. The second kappa shape index (κ2) is 31.6. The Bertz CT molecular complexity index is 2370. The molecule has 75 heavy (non-hydrogen) atoms. The number of aliphatic carboxylic acids is 2. The SMILES string of the molecule is CC(C)(C)[C@H](c1cc(-c2cc(F)ccc2F)cn1Cc1ccccc1)N(CCCN)C(=O)CN(C(=O)CCOCCOCCOCCOCCNC(=O)CCN1C(=O)C=CC1=O)[C@@H](CS)C(=O)O.O=C(O)C(F)(F)F. The minimum Gasteiger partial charge on any atom is -0.480 e. The number of rotatable bonds is 31. The molecule has 5 N–H and O–H groups in total. The van der Waals surface area contributed by atoms with Gasteiger partial charge in [-0.25, -0.2) is 18.4 Å². The second-order valence-electron chi connectivity index (χ2n) is 17.7. The normalized spacial score (nSPS) is 13.3. The molecule has 1 aliphatic rings. The largest absolute Gasteiger partial charge is 0.490 e. The maximum atomic E-state index is 15.2. The first-order valence-electron chi connectivity index (χ1n) is 23.7. The van der Waals surface area contributed by atoms with Gasteiger partial charge in [-0.1, -0.05) is 51.1 Å². The number of aromatic nitrogens is 1. The molecule has 0 radical (unpaired) electrons. The molecule has 0 spiro atoms. The summed E-state index contributed by atoms with van der Waals surface area (Å²) in [5.74, 6) is -7.96. The Labute approximate surface area is 436 Å². The van der Waals surface area contributed by atoms with Crippen molar-refractivity contribution >= 4 is 54.1 Å². The third kappa shape index (κ3) is 21.5. The number of amides is 5. The van der Waals surface area contributed by atoms with Crippen LogP contribution in [0.4, 0.5) is 22.0 Å². The van der Waals surface area contributed by atoms with E-state index in [9.17, 15) is 51.4 Å². The van der Waals surface area contributed by atoms with E-state index < -0.39 is 77.4 Å². The molecule has 25 heteroatoms. The lowest BCUT2D eigenvalue weighted by Gasteiger charge is -2.42. The molecule has 2 aromatic carbocycles. The average Bonchev–Trinajstić information content (AvgIpc) is 3.90. The summed E-state index contributed by atoms with van der Waals surface area (Å²) in [7, 11) is 0. The van der Waals surface area contributed by atoms with Crippen LogP contribution in [0.2, 0.25) is 0 Å². The van der Waals surface area contributed by atoms with Crippen LogP contribution in [0.15, 0.2) is 72.9 Å². The molecule has 19 nitrogen and oxygen atoms in total. The zero-order valence-corrected chi connectivity index (χ0v) is 42.8. The summed E-state index contributed by atoms with van der Waals surface area (Å²) in [5.41, 5.74) is 7.27. The van der Waals surface area contributed by atoms with E-state index in [1.165, 1.54) is 0 Å². The maximum absolute atomic E-state index is 15.2. The van der Waals surface area contributed by atoms with Crippen molar-refractivity contribution in [3.8, 4) is 11.1 Å². The number of ether oxygens (including phenoxy) is 4. The fourth-order valence-corrected chi connectivity index (χ4v) is 7.82. The third-order valence-corrected chi connectivity index (χ3v) is 11.4. The number of carbonyl (C=O) groups excluding carboxylic acids is 5. The Morgan fingerprint density at radius 1 is 0.787 bits per heavy atom. The van der Waals surface area contributed by atoms with Crippen molar-refractivity contribution in [3.05, 3.63) is 95.8 Å². The number of nitrogens with zero attached hydrogens (tertiary/aromatic N) is 4. The molecule has 2 heterocycles. The van der Waals surface area contributed by atoms with E-state index >= 15 is 4.39 Å². The average molecular weight is 1090 g/mol. The molecule has 0 fully saturated rings. The molecule has 2 atom stereocenters. The number of hydrogen-bond acceptors (Lipinski definition) is 13. The number of halogens is 5. The highest BCUT2D eigenvalue weighted by molar-refractivity contribution is 7.80. The number of carbonyl (C=O) groups is 7. The Kier molecular flexibility index (Phi) is 26.6. The van der Waals surface area contributed by atoms with Gasteiger partial charge in [0, 0.05) is 73.5 Å². The number of nitrogens with one attached hydrogen (secondary N) is 1. The summed E-state index contributed by atoms with van der Waals surface area (Å²) in [6.07, 6.45) is -0.890. The van der Waals surface area contributed by atoms with Crippen molar-refractivity contribution in [1.29, 1.82) is 0 Å². The lowest BCUT2D eigenvalue weighted by Crippen LogP contribution is -2.53. The molecule has 0 saturated heterocycles. The summed E-state index contributed by atoms with van der Waals surface area (Å²) in [6, 6.07) is 12.3. The predicted octanol–water partition coefficient (Wildman–Crippen LogP) is 4.48. The first-order valence-corrected chi connectivity index (χ1v) is 24.4. The molecule has 0 aliphatic carbocycles. The van der Waals surface area contributed by atoms with Crippen LogP contribution in [0.3, 0.4) is 0 Å². The van der Waals surface area contributed by atoms with Crippen molar-refractivity contribution < 1.29 is 84.7 Å². The fourth-order valence-electron chi connectivity index (χ4n) is 7.47. The molecular weight excluding hydrogens is 1020 g/mol. The Hall–Kier alpha value is -6.25. The summed E-state index contributed by atoms with van der Waals surface area (Å²) in [4.78, 5) is 88.4. The summed E-state index contributed by atoms with van der Waals surface area (Å²) < 4.78 is 85.4. The molecule has 1 aromatic heterocycles. The standard InChI is InChI=1S/C48H64F2N6O11S.C2HF3O2/c1-48(2,3)46(39-28-35(37-29-36(49)10-11-38(37)50)31-53(39)30-34-8-5-4-6-9-34)55(18-7-16-51)45(61)32-56(40(33-68)47(62)63)44(60)15-20-64-22-24-66-26-27-67-25-23-65-21-17-52-41(57)14-19-54-42(58)12-13-43(54)59;3-2(4,5)1(6)7/h4-6,8-13,28-29,31,40,46,68H,7,14-27,30,32-33,51H2,1-3H3,(H,52,57)(H,62,63);(H,6,7)/t40-,46-;/m0./s1. The van der Waals surface area contributed by atoms with Crippen LogP contribution in [-0.4, -0.2) is 175 Å². The third-order valence-electron chi connectivity index (χ3n) is 11.0. The van der Waals surface area contributed by atoms with Crippen LogP contribution in [0, 0.1) is 17.0 Å². The smallest absolute Gasteiger partial charge is 0.480 e. The Morgan fingerprint density at radius 2 is 1.36 bits per heavy atom. The highest BCUT2D eigenvalue weighted by atomic mass is 32.1. The van der Waals surface area contributed by atoms with Crippen LogP contribution in [0.1, 0.15) is 57.3 Å². The van der Waals surface area contributed by atoms with Crippen molar-refractivity contribution in [3.63, 3.8) is 0 Å². The van der Waals surface area contributed by atoms with Crippen molar-refractivity contribution in [2.75, 3.05) is 91.3 Å². The lowest BCUT2D eigenvalue weighted by molar-refractivity contribution is -0.192. The summed E-state index contributed by atoms with van der Waals surface area (Å²) in [5, 5.41) is 19.9. The number of imide groups is 1. The van der Waals surface area contributed by atoms with E-state index in [2.05, 4.69) is 17.9 Å². The van der Waals surface area contributed by atoms with Gasteiger partial charge in [0.15, 0.2) is 0 Å². The van der Waals surface area contributed by atoms with Gasteiger partial charge in [0.1, 0.15) is 24.2 Å². The molecule has 4 rings (SSSR count). The molecule has 1 aliphatic heterocycles. The molecule has 3 aromatic rings. The highest BCUT2D eigenvalue weighted by Gasteiger charge is 2.40. The van der Waals surface area contributed by atoms with Crippen molar-refractivity contribution in [2.45, 2.75) is 64.8 Å². The number of benzene rings is 2. The van der Waals surface area contributed by atoms with Gasteiger partial charge >= 0.3 is 18.1 Å². The maximum Gasteiger partial charge on any atom is 0.490 e. The summed E-state index contributed by atoms with van der Waals surface area (Å²) in [6.45, 7) is 7.76. The number of thiol groups is 1. The number of carboxylic acid groups (broad SMARTS) is 2. The first kappa shape index (κ1) is 63.0. The lowest BCUT2D eigenvalue weighted by atomic mass is 9.82. The van der Waals surface area contributed by atoms with Gasteiger partial charge in [0.05, 0.1) is 65.3 Å². The monoisotopic (exact) mass is 1080 g/mol. The van der Waals surface area contributed by atoms with Gasteiger partial charge in [-0.3, -0.25) is 28.9 Å². The number of carboxylic acids is 2. The van der Waals surface area contributed by atoms with E-state index in [0.717, 1.165) is 45.7 Å². The van der Waals surface area contributed by atoms with E-state index in [0.29, 0.717) is 24.2 Å². The van der Waals surface area contributed by atoms with E-state index in [4.69, 9.17) is 34.6 Å². The van der Waals surface area contributed by atoms with Crippen LogP contribution in [0.5, 0.6) is 0 Å². The fraction of sp³-hybridized carbons (Fsp3) is 0.500. The molecule has 414 valence electrons. The van der Waals surface area contributed by atoms with Crippen LogP contribution in [0.25, 0.3) is 11.1 Å².